The topological polar surface area (TPSA) is 82.6 Å². The van der Waals surface area contributed by atoms with Gasteiger partial charge in [0, 0.05) is 37.3 Å². The number of rotatable bonds is 7. The highest BCUT2D eigenvalue weighted by molar-refractivity contribution is 7.17. The first-order valence-corrected chi connectivity index (χ1v) is 13.8. The van der Waals surface area contributed by atoms with Crippen LogP contribution in [-0.2, 0) is 6.42 Å². The predicted octanol–water partition coefficient (Wildman–Crippen LogP) is 5.03. The third kappa shape index (κ3) is 5.29. The second-order valence-electron chi connectivity index (χ2n) is 10.3. The average Bonchev–Trinajstić information content (AvgIpc) is 3.64. The largest absolute Gasteiger partial charge is 0.489 e. The van der Waals surface area contributed by atoms with Crippen LogP contribution in [-0.4, -0.2) is 72.4 Å². The Hall–Kier alpha value is -3.17. The van der Waals surface area contributed by atoms with Crippen molar-refractivity contribution in [3.8, 4) is 26.9 Å². The highest BCUT2D eigenvalue weighted by atomic mass is 32.1. The van der Waals surface area contributed by atoms with E-state index < -0.39 is 0 Å². The van der Waals surface area contributed by atoms with Gasteiger partial charge >= 0.3 is 6.03 Å². The van der Waals surface area contributed by atoms with Crippen LogP contribution >= 0.6 is 11.3 Å². The van der Waals surface area contributed by atoms with Crippen LogP contribution in [0.2, 0.25) is 0 Å². The molecular weight excluding hydrogens is 484 g/mol. The molecular formula is C28H36N6O2S. The van der Waals surface area contributed by atoms with E-state index in [9.17, 15) is 4.79 Å². The molecule has 0 saturated carbocycles. The summed E-state index contributed by atoms with van der Waals surface area (Å²) in [6.07, 6.45) is 2.94. The number of benzene rings is 2. The number of carbonyl (C=O) groups is 1. The molecule has 1 aliphatic carbocycles. The van der Waals surface area contributed by atoms with Crippen molar-refractivity contribution < 1.29 is 9.53 Å². The standard InChI is InChI=1S/C28H36N6O2S/c1-17(2)36-25-12-9-18(15-24(25)29-3)26-31-32-27(37-26)22-8-6-7-21-20(22)10-11-23(21)30-28(35)34-14-13-19(16-34)33(4)5/h6-9,12,15,17,19,23,29H,10-11,13-14,16H2,1-5H3,(H,30,35)/t19-,23-/m0/s1. The number of hydrogen-bond acceptors (Lipinski definition) is 7. The monoisotopic (exact) mass is 520 g/mol. The van der Waals surface area contributed by atoms with E-state index in [1.165, 1.54) is 11.1 Å². The van der Waals surface area contributed by atoms with Gasteiger partial charge in [0.15, 0.2) is 0 Å². The number of likely N-dealkylation sites (tertiary alicyclic amines) is 1. The predicted molar refractivity (Wildman–Crippen MR) is 149 cm³/mol. The van der Waals surface area contributed by atoms with E-state index in [1.54, 1.807) is 11.3 Å². The van der Waals surface area contributed by atoms with E-state index in [0.717, 1.165) is 64.9 Å². The summed E-state index contributed by atoms with van der Waals surface area (Å²) in [7, 11) is 6.05. The first-order chi connectivity index (χ1) is 17.8. The second kappa shape index (κ2) is 10.7. The Bertz CT molecular complexity index is 1270. The molecule has 2 aliphatic rings. The zero-order valence-corrected chi connectivity index (χ0v) is 23.1. The number of carbonyl (C=O) groups excluding carboxylic acids is 1. The van der Waals surface area contributed by atoms with Crippen LogP contribution in [0.25, 0.3) is 21.1 Å². The van der Waals surface area contributed by atoms with Crippen molar-refractivity contribution in [1.29, 1.82) is 0 Å². The molecule has 0 spiro atoms. The second-order valence-corrected chi connectivity index (χ2v) is 11.3. The van der Waals surface area contributed by atoms with Crippen LogP contribution in [0.15, 0.2) is 36.4 Å². The summed E-state index contributed by atoms with van der Waals surface area (Å²) < 4.78 is 5.91. The molecule has 1 aliphatic heterocycles. The van der Waals surface area contributed by atoms with E-state index in [2.05, 4.69) is 64.1 Å². The number of hydrogen-bond donors (Lipinski definition) is 2. The minimum absolute atomic E-state index is 0.0277. The molecule has 2 aromatic carbocycles. The van der Waals surface area contributed by atoms with Crippen molar-refractivity contribution >= 4 is 23.1 Å². The Balaban J connectivity index is 1.33. The Morgan fingerprint density at radius 1 is 1.16 bits per heavy atom. The maximum Gasteiger partial charge on any atom is 0.317 e. The van der Waals surface area contributed by atoms with Gasteiger partial charge in [-0.15, -0.1) is 10.2 Å². The van der Waals surface area contributed by atoms with Crippen LogP contribution in [0, 0.1) is 0 Å². The zero-order valence-electron chi connectivity index (χ0n) is 22.2. The average molecular weight is 521 g/mol. The molecule has 9 heteroatoms. The van der Waals surface area contributed by atoms with Gasteiger partial charge in [-0.3, -0.25) is 0 Å². The number of likely N-dealkylation sites (N-methyl/N-ethyl adjacent to an activating group) is 1. The number of nitrogens with one attached hydrogen (secondary N) is 2. The summed E-state index contributed by atoms with van der Waals surface area (Å²) in [6.45, 7) is 5.63. The summed E-state index contributed by atoms with van der Waals surface area (Å²) >= 11 is 1.59. The van der Waals surface area contributed by atoms with Crippen molar-refractivity contribution in [2.75, 3.05) is 39.5 Å². The van der Waals surface area contributed by atoms with Crippen molar-refractivity contribution in [3.05, 3.63) is 47.5 Å². The van der Waals surface area contributed by atoms with E-state index in [4.69, 9.17) is 4.74 Å². The Labute approximate surface area is 223 Å². The SMILES string of the molecule is CNc1cc(-c2nnc(-c3cccc4c3CC[C@@H]4NC(=O)N3CC[C@H](N(C)C)C3)s2)ccc1OC(C)C. The fourth-order valence-corrected chi connectivity index (χ4v) is 6.15. The van der Waals surface area contributed by atoms with Gasteiger partial charge in [-0.2, -0.15) is 0 Å². The molecule has 3 aromatic rings. The molecule has 2 amide bonds. The molecule has 0 unspecified atom stereocenters. The van der Waals surface area contributed by atoms with Crippen molar-refractivity contribution in [3.63, 3.8) is 0 Å². The lowest BCUT2D eigenvalue weighted by Gasteiger charge is -2.23. The molecule has 2 N–H and O–H groups in total. The summed E-state index contributed by atoms with van der Waals surface area (Å²) in [5.41, 5.74) is 5.50. The molecule has 2 atom stereocenters. The zero-order chi connectivity index (χ0) is 26.1. The summed E-state index contributed by atoms with van der Waals surface area (Å²) in [6, 6.07) is 12.9. The van der Waals surface area contributed by atoms with Gasteiger partial charge in [-0.25, -0.2) is 4.79 Å². The molecule has 5 rings (SSSR count). The number of anilines is 1. The molecule has 1 fully saturated rings. The molecule has 0 radical (unpaired) electrons. The van der Waals surface area contributed by atoms with Crippen LogP contribution in [0.3, 0.4) is 0 Å². The van der Waals surface area contributed by atoms with Crippen molar-refractivity contribution in [2.24, 2.45) is 0 Å². The van der Waals surface area contributed by atoms with Crippen LogP contribution in [0.4, 0.5) is 10.5 Å². The van der Waals surface area contributed by atoms with Crippen molar-refractivity contribution in [2.45, 2.75) is 51.3 Å². The fraction of sp³-hybridized carbons (Fsp3) is 0.464. The van der Waals surface area contributed by atoms with Crippen LogP contribution < -0.4 is 15.4 Å². The van der Waals surface area contributed by atoms with E-state index in [0.29, 0.717) is 6.04 Å². The molecule has 8 nitrogen and oxygen atoms in total. The summed E-state index contributed by atoms with van der Waals surface area (Å²) in [5, 5.41) is 17.4. The van der Waals surface area contributed by atoms with Gasteiger partial charge in [-0.1, -0.05) is 29.5 Å². The first-order valence-electron chi connectivity index (χ1n) is 13.0. The molecule has 196 valence electrons. The highest BCUT2D eigenvalue weighted by Gasteiger charge is 2.32. The minimum atomic E-state index is 0.0277. The number of aromatic nitrogens is 2. The normalized spacial score (nSPS) is 18.9. The lowest BCUT2D eigenvalue weighted by molar-refractivity contribution is 0.199. The maximum atomic E-state index is 13.0. The smallest absolute Gasteiger partial charge is 0.317 e. The van der Waals surface area contributed by atoms with Gasteiger partial charge in [0.1, 0.15) is 15.8 Å². The summed E-state index contributed by atoms with van der Waals surface area (Å²) in [5.74, 6) is 0.825. The van der Waals surface area contributed by atoms with Crippen LogP contribution in [0.5, 0.6) is 5.75 Å². The molecule has 1 aromatic heterocycles. The number of ether oxygens (including phenoxy) is 1. The first kappa shape index (κ1) is 25.5. The third-order valence-corrected chi connectivity index (χ3v) is 8.27. The minimum Gasteiger partial charge on any atom is -0.489 e. The lowest BCUT2D eigenvalue weighted by atomic mass is 10.0. The Kier molecular flexibility index (Phi) is 7.35. The van der Waals surface area contributed by atoms with Gasteiger partial charge in [0.2, 0.25) is 0 Å². The van der Waals surface area contributed by atoms with Gasteiger partial charge < -0.3 is 25.2 Å². The number of nitrogens with zero attached hydrogens (tertiary/aromatic N) is 4. The highest BCUT2D eigenvalue weighted by Crippen LogP contribution is 2.40. The van der Waals surface area contributed by atoms with Crippen molar-refractivity contribution in [1.82, 2.24) is 25.3 Å². The van der Waals surface area contributed by atoms with Crippen LogP contribution in [0.1, 0.15) is 43.9 Å². The quantitative estimate of drug-likeness (QED) is 0.455. The van der Waals surface area contributed by atoms with Gasteiger partial charge in [0.25, 0.3) is 0 Å². The molecule has 0 bridgehead atoms. The Morgan fingerprint density at radius 2 is 1.97 bits per heavy atom. The van der Waals surface area contributed by atoms with Gasteiger partial charge in [-0.05, 0) is 76.5 Å². The summed E-state index contributed by atoms with van der Waals surface area (Å²) in [4.78, 5) is 17.1. The third-order valence-electron chi connectivity index (χ3n) is 7.26. The molecule has 37 heavy (non-hydrogen) atoms. The fourth-order valence-electron chi connectivity index (χ4n) is 5.26. The Morgan fingerprint density at radius 3 is 2.70 bits per heavy atom. The number of urea groups is 1. The number of amides is 2. The number of fused-ring (bicyclic) bond motifs is 1. The maximum absolute atomic E-state index is 13.0. The van der Waals surface area contributed by atoms with Gasteiger partial charge in [0.05, 0.1) is 17.8 Å². The van der Waals surface area contributed by atoms with E-state index in [-0.39, 0.29) is 18.2 Å². The van der Waals surface area contributed by atoms with E-state index in [1.807, 2.05) is 37.9 Å². The van der Waals surface area contributed by atoms with E-state index >= 15 is 0 Å². The molecule has 2 heterocycles. The molecule has 1 saturated heterocycles. The lowest BCUT2D eigenvalue weighted by Crippen LogP contribution is -2.41.